The average molecular weight is 322 g/mol. The van der Waals surface area contributed by atoms with Crippen molar-refractivity contribution in [1.82, 2.24) is 15.3 Å². The molecule has 1 aromatic carbocycles. The number of nitrogens with one attached hydrogen (secondary N) is 2. The normalized spacial score (nSPS) is 10.3. The number of carbonyl (C=O) groups excluding carboxylic acids is 1. The van der Waals surface area contributed by atoms with Gasteiger partial charge < -0.3 is 15.1 Å². The summed E-state index contributed by atoms with van der Waals surface area (Å²) in [4.78, 5) is 20.5. The van der Waals surface area contributed by atoms with Crippen LogP contribution in [0.2, 0.25) is 0 Å². The number of amides is 1. The van der Waals surface area contributed by atoms with E-state index in [9.17, 15) is 4.79 Å². The number of carbonyl (C=O) groups is 1. The minimum atomic E-state index is -0.214. The minimum absolute atomic E-state index is 0.214. The van der Waals surface area contributed by atoms with Crippen LogP contribution in [0.5, 0.6) is 0 Å². The Kier molecular flexibility index (Phi) is 5.19. The Bertz CT molecular complexity index is 773. The molecule has 6 heteroatoms. The second kappa shape index (κ2) is 7.92. The minimum Gasteiger partial charge on any atom is -0.467 e. The van der Waals surface area contributed by atoms with Gasteiger partial charge in [0.05, 0.1) is 12.8 Å². The number of hydrogen-bond acceptors (Lipinski definition) is 5. The van der Waals surface area contributed by atoms with Gasteiger partial charge in [0, 0.05) is 12.7 Å². The Labute approximate surface area is 140 Å². The van der Waals surface area contributed by atoms with Gasteiger partial charge in [-0.2, -0.15) is 0 Å². The van der Waals surface area contributed by atoms with Crippen molar-refractivity contribution in [3.63, 3.8) is 0 Å². The lowest BCUT2D eigenvalue weighted by atomic mass is 10.1. The van der Waals surface area contributed by atoms with Crippen molar-refractivity contribution in [3.8, 4) is 0 Å². The lowest BCUT2D eigenvalue weighted by molar-refractivity contribution is 0.0949. The van der Waals surface area contributed by atoms with Gasteiger partial charge in [0.25, 0.3) is 5.91 Å². The van der Waals surface area contributed by atoms with E-state index in [0.717, 1.165) is 12.2 Å². The molecule has 0 aliphatic carbocycles. The van der Waals surface area contributed by atoms with E-state index in [1.54, 1.807) is 18.5 Å². The summed E-state index contributed by atoms with van der Waals surface area (Å²) in [6.45, 7) is 1.02. The molecule has 3 rings (SSSR count). The number of furan rings is 1. The van der Waals surface area contributed by atoms with E-state index in [1.165, 1.54) is 5.56 Å². The largest absolute Gasteiger partial charge is 0.467 e. The number of nitrogens with zero attached hydrogens (tertiary/aromatic N) is 2. The summed E-state index contributed by atoms with van der Waals surface area (Å²) >= 11 is 0. The second-order valence-corrected chi connectivity index (χ2v) is 5.19. The third-order valence-corrected chi connectivity index (χ3v) is 3.43. The molecule has 2 N–H and O–H groups in total. The molecule has 0 saturated carbocycles. The topological polar surface area (TPSA) is 80.0 Å². The molecule has 2 aromatic heterocycles. The molecule has 3 aromatic rings. The van der Waals surface area contributed by atoms with Gasteiger partial charge in [-0.1, -0.05) is 30.3 Å². The number of anilines is 1. The first-order valence-electron chi connectivity index (χ1n) is 7.73. The third-order valence-electron chi connectivity index (χ3n) is 3.43. The van der Waals surface area contributed by atoms with Crippen LogP contribution in [0, 0.1) is 0 Å². The zero-order valence-corrected chi connectivity index (χ0v) is 13.1. The lowest BCUT2D eigenvalue weighted by Gasteiger charge is -2.07. The van der Waals surface area contributed by atoms with Gasteiger partial charge in [-0.05, 0) is 30.2 Å². The van der Waals surface area contributed by atoms with Gasteiger partial charge >= 0.3 is 0 Å². The van der Waals surface area contributed by atoms with Crippen LogP contribution in [-0.2, 0) is 13.0 Å². The number of hydrogen-bond donors (Lipinski definition) is 2. The van der Waals surface area contributed by atoms with Crippen LogP contribution in [0.15, 0.2) is 65.4 Å². The van der Waals surface area contributed by atoms with Crippen molar-refractivity contribution in [2.45, 2.75) is 13.0 Å². The second-order valence-electron chi connectivity index (χ2n) is 5.19. The fourth-order valence-corrected chi connectivity index (χ4v) is 2.21. The monoisotopic (exact) mass is 322 g/mol. The SMILES string of the molecule is O=C(NCCc1ccccc1)c1ccnc(NCc2ccco2)n1. The van der Waals surface area contributed by atoms with E-state index in [-0.39, 0.29) is 5.91 Å². The molecule has 24 heavy (non-hydrogen) atoms. The standard InChI is InChI=1S/C18H18N4O2/c23-17(19-10-8-14-5-2-1-3-6-14)16-9-11-20-18(22-16)21-13-15-7-4-12-24-15/h1-7,9,11-12H,8,10,13H2,(H,19,23)(H,20,21,22). The number of aromatic nitrogens is 2. The van der Waals surface area contributed by atoms with Crippen molar-refractivity contribution in [1.29, 1.82) is 0 Å². The zero-order valence-electron chi connectivity index (χ0n) is 13.1. The third kappa shape index (κ3) is 4.42. The smallest absolute Gasteiger partial charge is 0.270 e. The van der Waals surface area contributed by atoms with Gasteiger partial charge in [0.1, 0.15) is 11.5 Å². The summed E-state index contributed by atoms with van der Waals surface area (Å²) < 4.78 is 5.23. The van der Waals surface area contributed by atoms with Gasteiger partial charge in [-0.15, -0.1) is 0 Å². The summed E-state index contributed by atoms with van der Waals surface area (Å²) in [5.41, 5.74) is 1.52. The van der Waals surface area contributed by atoms with Crippen LogP contribution in [0.3, 0.4) is 0 Å². The maximum Gasteiger partial charge on any atom is 0.270 e. The van der Waals surface area contributed by atoms with E-state index in [4.69, 9.17) is 4.42 Å². The summed E-state index contributed by atoms with van der Waals surface area (Å²) in [6.07, 6.45) is 3.94. The van der Waals surface area contributed by atoms with Crippen LogP contribution in [-0.4, -0.2) is 22.4 Å². The van der Waals surface area contributed by atoms with Crippen molar-refractivity contribution < 1.29 is 9.21 Å². The summed E-state index contributed by atoms with van der Waals surface area (Å²) in [7, 11) is 0. The quantitative estimate of drug-likeness (QED) is 0.699. The van der Waals surface area contributed by atoms with Crippen LogP contribution in [0.1, 0.15) is 21.8 Å². The van der Waals surface area contributed by atoms with E-state index >= 15 is 0 Å². The molecule has 0 bridgehead atoms. The molecule has 0 aliphatic heterocycles. The fourth-order valence-electron chi connectivity index (χ4n) is 2.21. The van der Waals surface area contributed by atoms with Gasteiger partial charge in [0.15, 0.2) is 0 Å². The Morgan fingerprint density at radius 2 is 1.96 bits per heavy atom. The Hall–Kier alpha value is -3.15. The summed E-state index contributed by atoms with van der Waals surface area (Å²) in [6, 6.07) is 15.3. The Morgan fingerprint density at radius 3 is 2.75 bits per heavy atom. The molecule has 0 saturated heterocycles. The highest BCUT2D eigenvalue weighted by Crippen LogP contribution is 2.05. The first-order valence-corrected chi connectivity index (χ1v) is 7.73. The van der Waals surface area contributed by atoms with E-state index in [1.807, 2.05) is 42.5 Å². The van der Waals surface area contributed by atoms with Crippen LogP contribution in [0.25, 0.3) is 0 Å². The summed E-state index contributed by atoms with van der Waals surface area (Å²) in [5.74, 6) is 0.952. The van der Waals surface area contributed by atoms with Crippen LogP contribution < -0.4 is 10.6 Å². The van der Waals surface area contributed by atoms with Crippen LogP contribution in [0.4, 0.5) is 5.95 Å². The van der Waals surface area contributed by atoms with Gasteiger partial charge in [-0.25, -0.2) is 9.97 Å². The fraction of sp³-hybridized carbons (Fsp3) is 0.167. The number of rotatable bonds is 7. The first kappa shape index (κ1) is 15.7. The maximum atomic E-state index is 12.2. The van der Waals surface area contributed by atoms with Gasteiger partial charge in [0.2, 0.25) is 5.95 Å². The summed E-state index contributed by atoms with van der Waals surface area (Å²) in [5, 5.41) is 5.90. The van der Waals surface area contributed by atoms with Crippen LogP contribution >= 0.6 is 0 Å². The lowest BCUT2D eigenvalue weighted by Crippen LogP contribution is -2.26. The molecule has 1 amide bonds. The molecule has 0 spiro atoms. The van der Waals surface area contributed by atoms with Crippen molar-refractivity contribution in [2.75, 3.05) is 11.9 Å². The van der Waals surface area contributed by atoms with Crippen molar-refractivity contribution in [3.05, 3.63) is 78.0 Å². The predicted octanol–water partition coefficient (Wildman–Crippen LogP) is 2.65. The highest BCUT2D eigenvalue weighted by molar-refractivity contribution is 5.92. The molecule has 0 fully saturated rings. The predicted molar refractivity (Wildman–Crippen MR) is 90.5 cm³/mol. The average Bonchev–Trinajstić information content (AvgIpc) is 3.15. The molecule has 0 unspecified atom stereocenters. The Morgan fingerprint density at radius 1 is 1.08 bits per heavy atom. The highest BCUT2D eigenvalue weighted by atomic mass is 16.3. The van der Waals surface area contributed by atoms with Gasteiger partial charge in [-0.3, -0.25) is 4.79 Å². The molecule has 2 heterocycles. The molecule has 122 valence electrons. The first-order chi connectivity index (χ1) is 11.8. The van der Waals surface area contributed by atoms with Crippen molar-refractivity contribution in [2.24, 2.45) is 0 Å². The molecular weight excluding hydrogens is 304 g/mol. The van der Waals surface area contributed by atoms with E-state index in [2.05, 4.69) is 20.6 Å². The maximum absolute atomic E-state index is 12.2. The highest BCUT2D eigenvalue weighted by Gasteiger charge is 2.08. The molecule has 6 nitrogen and oxygen atoms in total. The molecular formula is C18H18N4O2. The van der Waals surface area contributed by atoms with Crippen molar-refractivity contribution >= 4 is 11.9 Å². The van der Waals surface area contributed by atoms with E-state index < -0.39 is 0 Å². The molecule has 0 aliphatic rings. The zero-order chi connectivity index (χ0) is 16.6. The molecule has 0 radical (unpaired) electrons. The Balaban J connectivity index is 1.52. The number of benzene rings is 1. The molecule has 0 atom stereocenters. The van der Waals surface area contributed by atoms with E-state index in [0.29, 0.717) is 24.7 Å².